The van der Waals surface area contributed by atoms with E-state index >= 15 is 0 Å². The summed E-state index contributed by atoms with van der Waals surface area (Å²) < 4.78 is 15.8. The van der Waals surface area contributed by atoms with Crippen molar-refractivity contribution in [1.82, 2.24) is 4.98 Å². The predicted molar refractivity (Wildman–Crippen MR) is 102 cm³/mol. The van der Waals surface area contributed by atoms with Crippen LogP contribution in [0, 0.1) is 10.1 Å². The summed E-state index contributed by atoms with van der Waals surface area (Å²) in [6.45, 7) is 0.378. The molecule has 0 atom stereocenters. The van der Waals surface area contributed by atoms with Crippen LogP contribution in [-0.2, 0) is 18.0 Å². The smallest absolute Gasteiger partial charge is 0.338 e. The first kappa shape index (κ1) is 19.3. The molecule has 0 aliphatic carbocycles. The minimum absolute atomic E-state index is 0.0488. The summed E-state index contributed by atoms with van der Waals surface area (Å²) in [7, 11) is 1.21. The van der Waals surface area contributed by atoms with E-state index in [1.165, 1.54) is 30.6 Å². The maximum atomic E-state index is 11.5. The molecule has 0 aliphatic heterocycles. The summed E-state index contributed by atoms with van der Waals surface area (Å²) in [5.41, 5.74) is 0.393. The fourth-order valence-corrected chi connectivity index (χ4v) is 3.01. The summed E-state index contributed by atoms with van der Waals surface area (Å²) in [6, 6.07) is 13.3. The first-order chi connectivity index (χ1) is 13.6. The number of carbonyl (C=O) groups is 1. The number of nitro groups is 1. The standard InChI is InChI=1S/C19H16N2O6S/c1-25-19(22)13-7-8-17(16(9-13)21(23)24)27-10-14-12-28-18(20-14)11-26-15-5-3-2-4-6-15/h2-9,12H,10-11H2,1H3. The van der Waals surface area contributed by atoms with Gasteiger partial charge in [0.15, 0.2) is 5.75 Å². The minimum Gasteiger partial charge on any atom is -0.486 e. The van der Waals surface area contributed by atoms with Gasteiger partial charge >= 0.3 is 11.7 Å². The van der Waals surface area contributed by atoms with Crippen molar-refractivity contribution in [2.75, 3.05) is 7.11 Å². The van der Waals surface area contributed by atoms with Crippen LogP contribution in [0.25, 0.3) is 0 Å². The molecule has 3 aromatic rings. The van der Waals surface area contributed by atoms with Gasteiger partial charge in [0, 0.05) is 11.4 Å². The van der Waals surface area contributed by atoms with E-state index in [1.807, 2.05) is 30.3 Å². The molecule has 2 aromatic carbocycles. The van der Waals surface area contributed by atoms with Gasteiger partial charge in [0.2, 0.25) is 0 Å². The highest BCUT2D eigenvalue weighted by Gasteiger charge is 2.19. The Morgan fingerprint density at radius 1 is 1.14 bits per heavy atom. The van der Waals surface area contributed by atoms with Crippen molar-refractivity contribution >= 4 is 23.0 Å². The molecule has 9 heteroatoms. The average Bonchev–Trinajstić information content (AvgIpc) is 3.18. The lowest BCUT2D eigenvalue weighted by Crippen LogP contribution is -2.04. The van der Waals surface area contributed by atoms with Crippen LogP contribution in [0.1, 0.15) is 21.1 Å². The normalized spacial score (nSPS) is 10.3. The van der Waals surface area contributed by atoms with E-state index < -0.39 is 10.9 Å². The van der Waals surface area contributed by atoms with Gasteiger partial charge in [-0.1, -0.05) is 18.2 Å². The Labute approximate surface area is 164 Å². The number of ether oxygens (including phenoxy) is 3. The Bertz CT molecular complexity index is 974. The van der Waals surface area contributed by atoms with Crippen LogP contribution in [0.4, 0.5) is 5.69 Å². The van der Waals surface area contributed by atoms with Crippen molar-refractivity contribution < 1.29 is 23.9 Å². The molecule has 0 saturated heterocycles. The molecule has 0 aliphatic rings. The molecule has 3 rings (SSSR count). The van der Waals surface area contributed by atoms with Gasteiger partial charge in [-0.3, -0.25) is 10.1 Å². The number of aromatic nitrogens is 1. The van der Waals surface area contributed by atoms with Crippen LogP contribution in [0.2, 0.25) is 0 Å². The fourth-order valence-electron chi connectivity index (χ4n) is 2.32. The average molecular weight is 400 g/mol. The third kappa shape index (κ3) is 4.83. The van der Waals surface area contributed by atoms with Gasteiger partial charge in [-0.2, -0.15) is 0 Å². The second kappa shape index (κ2) is 8.96. The zero-order chi connectivity index (χ0) is 19.9. The molecule has 0 unspecified atom stereocenters. The van der Waals surface area contributed by atoms with Crippen LogP contribution < -0.4 is 9.47 Å². The summed E-state index contributed by atoms with van der Waals surface area (Å²) in [6.07, 6.45) is 0. The predicted octanol–water partition coefficient (Wildman–Crippen LogP) is 4.00. The van der Waals surface area contributed by atoms with Gasteiger partial charge in [0.25, 0.3) is 0 Å². The molecule has 0 N–H and O–H groups in total. The molecule has 0 bridgehead atoms. The number of benzene rings is 2. The van der Waals surface area contributed by atoms with E-state index in [4.69, 9.17) is 9.47 Å². The number of nitro benzene ring substituents is 1. The molecular formula is C19H16N2O6S. The molecule has 0 spiro atoms. The molecule has 144 valence electrons. The van der Waals surface area contributed by atoms with E-state index in [2.05, 4.69) is 9.72 Å². The summed E-state index contributed by atoms with van der Waals surface area (Å²) >= 11 is 1.41. The zero-order valence-electron chi connectivity index (χ0n) is 14.9. The largest absolute Gasteiger partial charge is 0.486 e. The number of para-hydroxylation sites is 1. The molecule has 0 fully saturated rings. The van der Waals surface area contributed by atoms with Gasteiger partial charge < -0.3 is 14.2 Å². The quantitative estimate of drug-likeness (QED) is 0.320. The molecule has 1 aromatic heterocycles. The molecule has 0 saturated carbocycles. The monoisotopic (exact) mass is 400 g/mol. The number of esters is 1. The Morgan fingerprint density at radius 2 is 1.93 bits per heavy atom. The first-order valence-electron chi connectivity index (χ1n) is 8.17. The Balaban J connectivity index is 1.63. The number of hydrogen-bond donors (Lipinski definition) is 0. The number of hydrogen-bond acceptors (Lipinski definition) is 8. The lowest BCUT2D eigenvalue weighted by molar-refractivity contribution is -0.386. The minimum atomic E-state index is -0.655. The van der Waals surface area contributed by atoms with Crippen molar-refractivity contribution in [2.24, 2.45) is 0 Å². The van der Waals surface area contributed by atoms with E-state index in [-0.39, 0.29) is 23.6 Å². The van der Waals surface area contributed by atoms with E-state index in [0.29, 0.717) is 12.3 Å². The molecule has 8 nitrogen and oxygen atoms in total. The summed E-state index contributed by atoms with van der Waals surface area (Å²) in [5, 5.41) is 13.8. The second-order valence-electron chi connectivity index (χ2n) is 5.55. The molecule has 0 radical (unpaired) electrons. The van der Waals surface area contributed by atoms with E-state index in [1.54, 1.807) is 5.38 Å². The summed E-state index contributed by atoms with van der Waals surface area (Å²) in [4.78, 5) is 26.6. The van der Waals surface area contributed by atoms with E-state index in [9.17, 15) is 14.9 Å². The van der Waals surface area contributed by atoms with Crippen molar-refractivity contribution in [3.05, 3.63) is 80.3 Å². The van der Waals surface area contributed by atoms with Crippen LogP contribution in [0.3, 0.4) is 0 Å². The van der Waals surface area contributed by atoms with Gasteiger partial charge in [0.05, 0.1) is 23.3 Å². The zero-order valence-corrected chi connectivity index (χ0v) is 15.7. The number of methoxy groups -OCH3 is 1. The Morgan fingerprint density at radius 3 is 2.64 bits per heavy atom. The first-order valence-corrected chi connectivity index (χ1v) is 9.05. The van der Waals surface area contributed by atoms with Crippen molar-refractivity contribution in [1.29, 1.82) is 0 Å². The Hall–Kier alpha value is -3.46. The Kier molecular flexibility index (Phi) is 6.18. The third-order valence-corrected chi connectivity index (χ3v) is 4.53. The topological polar surface area (TPSA) is 101 Å². The highest BCUT2D eigenvalue weighted by Crippen LogP contribution is 2.29. The highest BCUT2D eigenvalue weighted by atomic mass is 32.1. The molecule has 28 heavy (non-hydrogen) atoms. The fraction of sp³-hybridized carbons (Fsp3) is 0.158. The van der Waals surface area contributed by atoms with Gasteiger partial charge in [-0.15, -0.1) is 11.3 Å². The van der Waals surface area contributed by atoms with Crippen molar-refractivity contribution in [3.8, 4) is 11.5 Å². The van der Waals surface area contributed by atoms with Crippen LogP contribution in [-0.4, -0.2) is 23.0 Å². The van der Waals surface area contributed by atoms with E-state index in [0.717, 1.165) is 16.8 Å². The van der Waals surface area contributed by atoms with Crippen molar-refractivity contribution in [3.63, 3.8) is 0 Å². The maximum Gasteiger partial charge on any atom is 0.338 e. The van der Waals surface area contributed by atoms with Crippen LogP contribution >= 0.6 is 11.3 Å². The van der Waals surface area contributed by atoms with Crippen molar-refractivity contribution in [2.45, 2.75) is 13.2 Å². The van der Waals surface area contributed by atoms with Gasteiger partial charge in [-0.25, -0.2) is 9.78 Å². The second-order valence-corrected chi connectivity index (χ2v) is 6.50. The summed E-state index contributed by atoms with van der Waals surface area (Å²) in [5.74, 6) is 0.141. The molecule has 0 amide bonds. The van der Waals surface area contributed by atoms with Gasteiger partial charge in [-0.05, 0) is 24.3 Å². The third-order valence-electron chi connectivity index (χ3n) is 3.66. The molecular weight excluding hydrogens is 384 g/mol. The van der Waals surface area contributed by atoms with Gasteiger partial charge in [0.1, 0.15) is 24.0 Å². The number of carbonyl (C=O) groups excluding carboxylic acids is 1. The number of rotatable bonds is 8. The highest BCUT2D eigenvalue weighted by molar-refractivity contribution is 7.09. The molecule has 1 heterocycles. The number of thiazole rings is 1. The lowest BCUT2D eigenvalue weighted by atomic mass is 10.2. The lowest BCUT2D eigenvalue weighted by Gasteiger charge is -2.06. The van der Waals surface area contributed by atoms with Crippen LogP contribution in [0.15, 0.2) is 53.9 Å². The maximum absolute atomic E-state index is 11.5. The SMILES string of the molecule is COC(=O)c1ccc(OCc2csc(COc3ccccc3)n2)c([N+](=O)[O-])c1. The van der Waals surface area contributed by atoms with Crippen LogP contribution in [0.5, 0.6) is 11.5 Å². The number of nitrogens with zero attached hydrogens (tertiary/aromatic N) is 2.